The van der Waals surface area contributed by atoms with Crippen LogP contribution in [-0.4, -0.2) is 52.4 Å². The molecule has 1 unspecified atom stereocenters. The molecule has 1 fully saturated rings. The summed E-state index contributed by atoms with van der Waals surface area (Å²) in [5.41, 5.74) is 1.87. The standard InChI is InChI=1S/C23H23F2N3O4S/c24-20-11-15(2-1-5-27-33(30)31)10-19(22(20)25)23(29)16-3-4-21-17(12-16)13-18(14-26-21)28-6-8-32-9-7-28/h3-4,10-14,27H,1-2,5-9H2,(H,30,31)/p-1. The Labute approximate surface area is 192 Å². The van der Waals surface area contributed by atoms with Crippen molar-refractivity contribution in [3.05, 3.63) is 70.9 Å². The average molecular weight is 475 g/mol. The van der Waals surface area contributed by atoms with E-state index in [1.165, 1.54) is 6.07 Å². The Bertz CT molecular complexity index is 1200. The number of carbonyl (C=O) groups excluding carboxylic acids is 1. The minimum absolute atomic E-state index is 0.154. The number of pyridine rings is 1. The molecule has 10 heteroatoms. The first-order chi connectivity index (χ1) is 15.9. The van der Waals surface area contributed by atoms with Crippen LogP contribution in [-0.2, 0) is 22.4 Å². The number of carbonyl (C=O) groups is 1. The van der Waals surface area contributed by atoms with Crippen molar-refractivity contribution in [2.45, 2.75) is 12.8 Å². The minimum Gasteiger partial charge on any atom is -0.760 e. The van der Waals surface area contributed by atoms with Crippen molar-refractivity contribution in [1.82, 2.24) is 9.71 Å². The maximum atomic E-state index is 14.5. The predicted octanol–water partition coefficient (Wildman–Crippen LogP) is 2.90. The van der Waals surface area contributed by atoms with Crippen LogP contribution in [0.2, 0.25) is 0 Å². The van der Waals surface area contributed by atoms with E-state index < -0.39 is 28.7 Å². The zero-order valence-electron chi connectivity index (χ0n) is 17.7. The van der Waals surface area contributed by atoms with Crippen LogP contribution in [0.15, 0.2) is 42.6 Å². The van der Waals surface area contributed by atoms with E-state index in [-0.39, 0.29) is 24.1 Å². The third kappa shape index (κ3) is 5.59. The second kappa shape index (κ2) is 10.4. The van der Waals surface area contributed by atoms with E-state index in [9.17, 15) is 22.3 Å². The van der Waals surface area contributed by atoms with Crippen molar-refractivity contribution >= 4 is 33.6 Å². The molecule has 1 atom stereocenters. The van der Waals surface area contributed by atoms with E-state index in [1.54, 1.807) is 24.4 Å². The molecule has 7 nitrogen and oxygen atoms in total. The molecule has 4 rings (SSSR count). The molecule has 1 saturated heterocycles. The van der Waals surface area contributed by atoms with Crippen molar-refractivity contribution in [3.8, 4) is 0 Å². The molecule has 1 aliphatic heterocycles. The summed E-state index contributed by atoms with van der Waals surface area (Å²) in [6.07, 6.45) is 2.43. The summed E-state index contributed by atoms with van der Waals surface area (Å²) in [7, 11) is 0. The maximum Gasteiger partial charge on any atom is 0.196 e. The fourth-order valence-electron chi connectivity index (χ4n) is 3.81. The lowest BCUT2D eigenvalue weighted by Gasteiger charge is -2.28. The van der Waals surface area contributed by atoms with Gasteiger partial charge in [0.1, 0.15) is 0 Å². The Hall–Kier alpha value is -2.79. The van der Waals surface area contributed by atoms with Crippen molar-refractivity contribution in [2.24, 2.45) is 0 Å². The number of nitrogens with zero attached hydrogens (tertiary/aromatic N) is 2. The first kappa shape index (κ1) is 23.4. The van der Waals surface area contributed by atoms with Crippen LogP contribution in [0.25, 0.3) is 10.9 Å². The lowest BCUT2D eigenvalue weighted by Crippen LogP contribution is -2.36. The molecule has 1 aliphatic rings. The van der Waals surface area contributed by atoms with Gasteiger partial charge in [-0.15, -0.1) is 0 Å². The highest BCUT2D eigenvalue weighted by Gasteiger charge is 2.20. The second-order valence-electron chi connectivity index (χ2n) is 7.70. The molecule has 2 aromatic carbocycles. The lowest BCUT2D eigenvalue weighted by molar-refractivity contribution is 0.103. The Morgan fingerprint density at radius 2 is 1.97 bits per heavy atom. The van der Waals surface area contributed by atoms with Gasteiger partial charge in [0.25, 0.3) is 0 Å². The van der Waals surface area contributed by atoms with Crippen LogP contribution in [0.1, 0.15) is 27.9 Å². The zero-order valence-corrected chi connectivity index (χ0v) is 18.5. The molecule has 174 valence electrons. The second-order valence-corrected chi connectivity index (χ2v) is 8.46. The normalized spacial score (nSPS) is 15.1. The molecule has 1 N–H and O–H groups in total. The molecule has 33 heavy (non-hydrogen) atoms. The third-order valence-electron chi connectivity index (χ3n) is 5.50. The van der Waals surface area contributed by atoms with E-state index in [0.29, 0.717) is 30.7 Å². The van der Waals surface area contributed by atoms with Crippen LogP contribution >= 0.6 is 0 Å². The number of nitrogens with one attached hydrogen (secondary N) is 1. The molecule has 0 spiro atoms. The third-order valence-corrected chi connectivity index (χ3v) is 5.94. The molecule has 3 aromatic rings. The number of morpholine rings is 1. The van der Waals surface area contributed by atoms with Gasteiger partial charge < -0.3 is 14.2 Å². The Morgan fingerprint density at radius 3 is 2.73 bits per heavy atom. The van der Waals surface area contributed by atoms with E-state index >= 15 is 0 Å². The fraction of sp³-hybridized carbons (Fsp3) is 0.304. The van der Waals surface area contributed by atoms with Crippen molar-refractivity contribution in [2.75, 3.05) is 37.7 Å². The number of aromatic nitrogens is 1. The number of ketones is 1. The van der Waals surface area contributed by atoms with Crippen LogP contribution in [0.4, 0.5) is 14.5 Å². The average Bonchev–Trinajstić information content (AvgIpc) is 2.83. The monoisotopic (exact) mass is 474 g/mol. The molecule has 0 radical (unpaired) electrons. The van der Waals surface area contributed by atoms with E-state index in [4.69, 9.17) is 4.74 Å². The van der Waals surface area contributed by atoms with E-state index in [1.807, 2.05) is 6.07 Å². The number of aryl methyl sites for hydroxylation is 1. The van der Waals surface area contributed by atoms with Crippen LogP contribution in [0.5, 0.6) is 0 Å². The SMILES string of the molecule is O=C(c1ccc2ncc(N3CCOCC3)cc2c1)c1cc(CCCNS(=O)[O-])cc(F)c1F. The van der Waals surface area contributed by atoms with Crippen LogP contribution < -0.4 is 9.62 Å². The molecule has 0 aliphatic carbocycles. The van der Waals surface area contributed by atoms with Gasteiger partial charge in [-0.05, 0) is 54.8 Å². The highest BCUT2D eigenvalue weighted by molar-refractivity contribution is 7.77. The van der Waals surface area contributed by atoms with Gasteiger partial charge in [-0.1, -0.05) is 0 Å². The van der Waals surface area contributed by atoms with Gasteiger partial charge >= 0.3 is 0 Å². The number of benzene rings is 2. The number of hydrogen-bond acceptors (Lipinski definition) is 6. The summed E-state index contributed by atoms with van der Waals surface area (Å²) in [6.45, 7) is 2.89. The highest BCUT2D eigenvalue weighted by atomic mass is 32.2. The summed E-state index contributed by atoms with van der Waals surface area (Å²) in [4.78, 5) is 19.7. The number of fused-ring (bicyclic) bond motifs is 1. The Kier molecular flexibility index (Phi) is 7.39. The fourth-order valence-corrected chi connectivity index (χ4v) is 4.12. The lowest BCUT2D eigenvalue weighted by atomic mass is 9.97. The summed E-state index contributed by atoms with van der Waals surface area (Å²) < 4.78 is 57.4. The van der Waals surface area contributed by atoms with Gasteiger partial charge in [-0.2, -0.15) is 0 Å². The smallest absolute Gasteiger partial charge is 0.196 e. The largest absolute Gasteiger partial charge is 0.760 e. The molecule has 0 bridgehead atoms. The molecule has 0 amide bonds. The number of halogens is 2. The Balaban J connectivity index is 1.59. The van der Waals surface area contributed by atoms with Crippen molar-refractivity contribution in [3.63, 3.8) is 0 Å². The van der Waals surface area contributed by atoms with Crippen LogP contribution in [0.3, 0.4) is 0 Å². The summed E-state index contributed by atoms with van der Waals surface area (Å²) in [5, 5.41) is 0.721. The molecular formula is C23H22F2N3O4S-. The van der Waals surface area contributed by atoms with Gasteiger partial charge in [0, 0.05) is 41.9 Å². The van der Waals surface area contributed by atoms with Gasteiger partial charge in [-0.25, -0.2) is 13.5 Å². The maximum absolute atomic E-state index is 14.5. The zero-order chi connectivity index (χ0) is 23.4. The summed E-state index contributed by atoms with van der Waals surface area (Å²) in [6, 6.07) is 9.12. The predicted molar refractivity (Wildman–Crippen MR) is 120 cm³/mol. The molecule has 0 saturated carbocycles. The number of rotatable bonds is 8. The topological polar surface area (TPSA) is 94.6 Å². The van der Waals surface area contributed by atoms with Crippen molar-refractivity contribution < 1.29 is 27.1 Å². The van der Waals surface area contributed by atoms with E-state index in [2.05, 4.69) is 14.6 Å². The van der Waals surface area contributed by atoms with Gasteiger partial charge in [0.2, 0.25) is 0 Å². The molecule has 2 heterocycles. The Morgan fingerprint density at radius 1 is 1.18 bits per heavy atom. The first-order valence-electron chi connectivity index (χ1n) is 10.5. The van der Waals surface area contributed by atoms with Crippen molar-refractivity contribution in [1.29, 1.82) is 0 Å². The van der Waals surface area contributed by atoms with Gasteiger partial charge in [0.05, 0.1) is 36.2 Å². The van der Waals surface area contributed by atoms with Gasteiger partial charge in [0.15, 0.2) is 17.4 Å². The van der Waals surface area contributed by atoms with Gasteiger partial charge in [-0.3, -0.25) is 14.0 Å². The van der Waals surface area contributed by atoms with Crippen LogP contribution in [0, 0.1) is 11.6 Å². The minimum atomic E-state index is -2.39. The number of anilines is 1. The van der Waals surface area contributed by atoms with E-state index in [0.717, 1.165) is 30.2 Å². The number of hydrogen-bond donors (Lipinski definition) is 1. The highest BCUT2D eigenvalue weighted by Crippen LogP contribution is 2.25. The summed E-state index contributed by atoms with van der Waals surface area (Å²) in [5.74, 6) is -2.96. The molecule has 1 aromatic heterocycles. The molecular weight excluding hydrogens is 452 g/mol. The quantitative estimate of drug-likeness (QED) is 0.307. The number of ether oxygens (including phenoxy) is 1. The first-order valence-corrected chi connectivity index (χ1v) is 11.6. The summed E-state index contributed by atoms with van der Waals surface area (Å²) >= 11 is -2.39.